The van der Waals surface area contributed by atoms with E-state index in [0.29, 0.717) is 0 Å². The highest BCUT2D eigenvalue weighted by atomic mass is 14.7. The fourth-order valence-electron chi connectivity index (χ4n) is 9.40. The molecule has 4 fully saturated rings. The highest BCUT2D eigenvalue weighted by Gasteiger charge is 2.62. The Balaban J connectivity index is 1.50. The summed E-state index contributed by atoms with van der Waals surface area (Å²) in [5, 5.41) is 5.70. The lowest BCUT2D eigenvalue weighted by atomic mass is 9.43. The van der Waals surface area contributed by atoms with Gasteiger partial charge < -0.3 is 4.98 Å². The van der Waals surface area contributed by atoms with Crippen LogP contribution in [0.15, 0.2) is 72.8 Å². The predicted molar refractivity (Wildman–Crippen MR) is 137 cm³/mol. The second kappa shape index (κ2) is 5.70. The molecule has 1 spiro atoms. The van der Waals surface area contributed by atoms with Gasteiger partial charge in [0.05, 0.1) is 0 Å². The Morgan fingerprint density at radius 1 is 0.606 bits per heavy atom. The van der Waals surface area contributed by atoms with Crippen molar-refractivity contribution < 1.29 is 0 Å². The lowest BCUT2D eigenvalue weighted by molar-refractivity contribution is -0.0393. The molecule has 0 saturated heterocycles. The molecular weight excluding hydrogens is 398 g/mol. The molecule has 4 aromatic carbocycles. The minimum Gasteiger partial charge on any atom is -0.354 e. The molecule has 5 aliphatic rings. The molecule has 1 N–H and O–H groups in total. The van der Waals surface area contributed by atoms with Gasteiger partial charge in [0, 0.05) is 27.2 Å². The molecule has 0 unspecified atom stereocenters. The largest absolute Gasteiger partial charge is 0.354 e. The van der Waals surface area contributed by atoms with Crippen molar-refractivity contribution in [3.63, 3.8) is 0 Å². The number of fused-ring (bicyclic) bond motifs is 9. The van der Waals surface area contributed by atoms with E-state index in [1.807, 2.05) is 0 Å². The van der Waals surface area contributed by atoms with Crippen LogP contribution in [0.25, 0.3) is 43.7 Å². The van der Waals surface area contributed by atoms with E-state index < -0.39 is 0 Å². The van der Waals surface area contributed by atoms with Gasteiger partial charge >= 0.3 is 0 Å². The second-order valence-electron chi connectivity index (χ2n) is 11.5. The predicted octanol–water partition coefficient (Wildman–Crippen LogP) is 8.20. The Morgan fingerprint density at radius 2 is 1.30 bits per heavy atom. The van der Waals surface area contributed by atoms with Crippen LogP contribution in [0.2, 0.25) is 0 Å². The van der Waals surface area contributed by atoms with E-state index in [4.69, 9.17) is 0 Å². The van der Waals surface area contributed by atoms with Gasteiger partial charge in [0.25, 0.3) is 0 Å². The van der Waals surface area contributed by atoms with Crippen LogP contribution >= 0.6 is 0 Å². The van der Waals surface area contributed by atoms with Crippen LogP contribution in [-0.4, -0.2) is 4.98 Å². The Bertz CT molecular complexity index is 1610. The number of hydrogen-bond acceptors (Lipinski definition) is 0. The van der Waals surface area contributed by atoms with Gasteiger partial charge in [-0.3, -0.25) is 0 Å². The normalized spacial score (nSPS) is 31.2. The minimum absolute atomic E-state index is 0.199. The maximum absolute atomic E-state index is 3.83. The van der Waals surface area contributed by atoms with Crippen LogP contribution in [0.5, 0.6) is 0 Å². The van der Waals surface area contributed by atoms with Crippen molar-refractivity contribution in [2.75, 3.05) is 0 Å². The van der Waals surface area contributed by atoms with Gasteiger partial charge in [-0.15, -0.1) is 0 Å². The Hall–Kier alpha value is -3.06. The number of aromatic amines is 1. The highest BCUT2D eigenvalue weighted by Crippen LogP contribution is 2.70. The summed E-state index contributed by atoms with van der Waals surface area (Å²) in [7, 11) is 0. The zero-order valence-corrected chi connectivity index (χ0v) is 18.8. The first kappa shape index (κ1) is 17.4. The molecule has 0 amide bonds. The van der Waals surface area contributed by atoms with Crippen molar-refractivity contribution in [3.05, 3.63) is 83.9 Å². The van der Waals surface area contributed by atoms with Crippen LogP contribution in [0, 0.1) is 23.7 Å². The fraction of sp³-hybridized carbons (Fsp3) is 0.312. The molecule has 5 aliphatic carbocycles. The maximum Gasteiger partial charge on any atom is 0.0471 e. The van der Waals surface area contributed by atoms with E-state index in [-0.39, 0.29) is 5.41 Å². The van der Waals surface area contributed by atoms with E-state index in [9.17, 15) is 0 Å². The summed E-state index contributed by atoms with van der Waals surface area (Å²) in [6.07, 6.45) is 7.22. The molecule has 1 nitrogen and oxygen atoms in total. The summed E-state index contributed by atoms with van der Waals surface area (Å²) >= 11 is 0. The van der Waals surface area contributed by atoms with Gasteiger partial charge in [0.15, 0.2) is 0 Å². The molecule has 0 aliphatic heterocycles. The lowest BCUT2D eigenvalue weighted by Crippen LogP contribution is -2.55. The summed E-state index contributed by atoms with van der Waals surface area (Å²) in [6.45, 7) is 0. The third-order valence-corrected chi connectivity index (χ3v) is 10.2. The van der Waals surface area contributed by atoms with Gasteiger partial charge in [0.2, 0.25) is 0 Å². The van der Waals surface area contributed by atoms with E-state index in [1.165, 1.54) is 75.8 Å². The van der Waals surface area contributed by atoms with Crippen molar-refractivity contribution in [3.8, 4) is 11.1 Å². The number of H-pyrrole nitrogens is 1. The minimum atomic E-state index is 0.199. The average molecular weight is 426 g/mol. The monoisotopic (exact) mass is 425 g/mol. The standard InChI is InChI=1S/C32H27N/c1-2-6-23-20(5-1)9-11-27-29(23)30-28(33-27)12-10-25-24-7-3-4-8-26(24)32(31(25)30)21-14-18-13-19(16-21)17-22(32)15-18/h1-12,18-19,21-22,33H,13-17H2. The molecule has 5 aromatic rings. The first-order valence-corrected chi connectivity index (χ1v) is 12.9. The summed E-state index contributed by atoms with van der Waals surface area (Å²) in [5.41, 5.74) is 9.16. The zero-order chi connectivity index (χ0) is 21.3. The second-order valence-corrected chi connectivity index (χ2v) is 11.5. The highest BCUT2D eigenvalue weighted by molar-refractivity contribution is 6.22. The number of aromatic nitrogens is 1. The van der Waals surface area contributed by atoms with E-state index >= 15 is 0 Å². The quantitative estimate of drug-likeness (QED) is 0.257. The van der Waals surface area contributed by atoms with Crippen molar-refractivity contribution in [1.29, 1.82) is 0 Å². The molecule has 1 heterocycles. The molecule has 4 bridgehead atoms. The van der Waals surface area contributed by atoms with E-state index in [2.05, 4.69) is 77.8 Å². The first-order valence-electron chi connectivity index (χ1n) is 12.9. The lowest BCUT2D eigenvalue weighted by Gasteiger charge is -2.61. The smallest absolute Gasteiger partial charge is 0.0471 e. The van der Waals surface area contributed by atoms with Gasteiger partial charge in [-0.1, -0.05) is 60.7 Å². The van der Waals surface area contributed by atoms with Crippen LogP contribution in [0.3, 0.4) is 0 Å². The van der Waals surface area contributed by atoms with Crippen LogP contribution in [-0.2, 0) is 5.41 Å². The Kier molecular flexibility index (Phi) is 3.01. The van der Waals surface area contributed by atoms with E-state index in [1.54, 1.807) is 11.1 Å². The number of hydrogen-bond donors (Lipinski definition) is 1. The van der Waals surface area contributed by atoms with Crippen molar-refractivity contribution in [2.45, 2.75) is 37.5 Å². The van der Waals surface area contributed by atoms with E-state index in [0.717, 1.165) is 23.7 Å². The molecule has 4 saturated carbocycles. The Morgan fingerprint density at radius 3 is 2.15 bits per heavy atom. The SMILES string of the molecule is c1ccc2c(c1)-c1ccc3[nH]c4ccc5ccccc5c4c3c1C21C2CC3CC(C2)CC1C3. The van der Waals surface area contributed by atoms with Crippen LogP contribution in [0.1, 0.15) is 43.2 Å². The molecule has 160 valence electrons. The summed E-state index contributed by atoms with van der Waals surface area (Å²) in [4.78, 5) is 3.83. The number of nitrogens with one attached hydrogen (secondary N) is 1. The molecular formula is C32H27N. The molecule has 10 rings (SSSR count). The van der Waals surface area contributed by atoms with Crippen molar-refractivity contribution in [1.82, 2.24) is 4.98 Å². The molecule has 0 atom stereocenters. The molecule has 0 radical (unpaired) electrons. The first-order chi connectivity index (χ1) is 16.3. The van der Waals surface area contributed by atoms with Gasteiger partial charge in [0.1, 0.15) is 0 Å². The average Bonchev–Trinajstić information content (AvgIpc) is 3.36. The van der Waals surface area contributed by atoms with Gasteiger partial charge in [-0.25, -0.2) is 0 Å². The molecule has 1 heteroatoms. The summed E-state index contributed by atoms with van der Waals surface area (Å²) in [5.74, 6) is 3.53. The topological polar surface area (TPSA) is 15.8 Å². The summed E-state index contributed by atoms with van der Waals surface area (Å²) in [6, 6.07) is 27.8. The van der Waals surface area contributed by atoms with Crippen LogP contribution < -0.4 is 0 Å². The third-order valence-electron chi connectivity index (χ3n) is 10.2. The van der Waals surface area contributed by atoms with Crippen molar-refractivity contribution >= 4 is 32.6 Å². The zero-order valence-electron chi connectivity index (χ0n) is 18.8. The molecule has 1 aromatic heterocycles. The van der Waals surface area contributed by atoms with Gasteiger partial charge in [-0.2, -0.15) is 0 Å². The fourth-order valence-corrected chi connectivity index (χ4v) is 9.40. The van der Waals surface area contributed by atoms with Crippen LogP contribution in [0.4, 0.5) is 0 Å². The Labute approximate surface area is 193 Å². The number of benzene rings is 4. The third kappa shape index (κ3) is 1.91. The van der Waals surface area contributed by atoms with Crippen molar-refractivity contribution in [2.24, 2.45) is 23.7 Å². The molecule has 33 heavy (non-hydrogen) atoms. The maximum atomic E-state index is 3.83. The summed E-state index contributed by atoms with van der Waals surface area (Å²) < 4.78 is 0. The number of rotatable bonds is 0. The van der Waals surface area contributed by atoms with Gasteiger partial charge in [-0.05, 0) is 101 Å².